The van der Waals surface area contributed by atoms with Crippen molar-refractivity contribution in [3.8, 4) is 0 Å². The Balaban J connectivity index is 1.78. The Morgan fingerprint density at radius 2 is 1.74 bits per heavy atom. The second-order valence-corrected chi connectivity index (χ2v) is 5.27. The number of anilines is 3. The highest BCUT2D eigenvalue weighted by atomic mass is 16.2. The molecule has 0 saturated carbocycles. The van der Waals surface area contributed by atoms with Gasteiger partial charge in [-0.3, -0.25) is 4.79 Å². The van der Waals surface area contributed by atoms with Gasteiger partial charge < -0.3 is 10.6 Å². The maximum atomic E-state index is 12.4. The predicted molar refractivity (Wildman–Crippen MR) is 90.0 cm³/mol. The van der Waals surface area contributed by atoms with Crippen molar-refractivity contribution in [2.45, 2.75) is 13.8 Å². The smallest absolute Gasteiger partial charge is 0.280 e. The molecule has 1 amide bonds. The lowest BCUT2D eigenvalue weighted by Crippen LogP contribution is -2.14. The number of aromatic amines is 1. The quantitative estimate of drug-likeness (QED) is 0.689. The third-order valence-corrected chi connectivity index (χ3v) is 3.56. The van der Waals surface area contributed by atoms with E-state index in [1.54, 1.807) is 0 Å². The van der Waals surface area contributed by atoms with Crippen molar-refractivity contribution < 1.29 is 4.79 Å². The lowest BCUT2D eigenvalue weighted by Gasteiger charge is -2.08. The Hall–Kier alpha value is -3.15. The van der Waals surface area contributed by atoms with E-state index in [-0.39, 0.29) is 11.6 Å². The van der Waals surface area contributed by atoms with Crippen LogP contribution in [0.15, 0.2) is 48.5 Å². The van der Waals surface area contributed by atoms with E-state index >= 15 is 0 Å². The monoisotopic (exact) mass is 307 g/mol. The second kappa shape index (κ2) is 6.31. The molecule has 1 heterocycles. The molecule has 0 spiro atoms. The molecule has 23 heavy (non-hydrogen) atoms. The summed E-state index contributed by atoms with van der Waals surface area (Å²) in [6.45, 7) is 4.03. The van der Waals surface area contributed by atoms with E-state index in [1.807, 2.05) is 62.4 Å². The summed E-state index contributed by atoms with van der Waals surface area (Å²) in [6, 6.07) is 15.3. The van der Waals surface area contributed by atoms with Crippen LogP contribution in [-0.2, 0) is 0 Å². The molecule has 3 aromatic rings. The number of nitrogens with zero attached hydrogens (tertiary/aromatic N) is 2. The lowest BCUT2D eigenvalue weighted by molar-refractivity contribution is 0.102. The van der Waals surface area contributed by atoms with Crippen molar-refractivity contribution in [1.82, 2.24) is 15.4 Å². The van der Waals surface area contributed by atoms with E-state index in [1.165, 1.54) is 5.56 Å². The fraction of sp³-hybridized carbons (Fsp3) is 0.118. The molecule has 6 nitrogen and oxygen atoms in total. The lowest BCUT2D eigenvalue weighted by atomic mass is 10.1. The van der Waals surface area contributed by atoms with Gasteiger partial charge in [-0.05, 0) is 49.2 Å². The van der Waals surface area contributed by atoms with E-state index in [9.17, 15) is 4.79 Å². The molecule has 116 valence electrons. The molecule has 0 unspecified atom stereocenters. The molecule has 0 atom stereocenters. The van der Waals surface area contributed by atoms with E-state index in [0.29, 0.717) is 5.82 Å². The van der Waals surface area contributed by atoms with Gasteiger partial charge in [0.15, 0.2) is 11.5 Å². The van der Waals surface area contributed by atoms with Crippen molar-refractivity contribution >= 4 is 23.1 Å². The summed E-state index contributed by atoms with van der Waals surface area (Å²) in [4.78, 5) is 12.4. The van der Waals surface area contributed by atoms with Crippen molar-refractivity contribution in [3.05, 3.63) is 65.4 Å². The first-order chi connectivity index (χ1) is 11.1. The average molecular weight is 307 g/mol. The summed E-state index contributed by atoms with van der Waals surface area (Å²) in [6.07, 6.45) is 0. The van der Waals surface area contributed by atoms with Gasteiger partial charge in [0.25, 0.3) is 5.91 Å². The summed E-state index contributed by atoms with van der Waals surface area (Å²) in [5.74, 6) is 0.0676. The molecular weight excluding hydrogens is 290 g/mol. The van der Waals surface area contributed by atoms with Crippen molar-refractivity contribution in [2.75, 3.05) is 10.6 Å². The summed E-state index contributed by atoms with van der Waals surface area (Å²) in [5.41, 5.74) is 4.07. The highest BCUT2D eigenvalue weighted by Crippen LogP contribution is 2.19. The molecule has 0 aliphatic heterocycles. The third kappa shape index (κ3) is 3.37. The normalized spacial score (nSPS) is 10.3. The number of hydrogen-bond acceptors (Lipinski definition) is 4. The number of aromatic nitrogens is 3. The average Bonchev–Trinajstić information content (AvgIpc) is 3.00. The van der Waals surface area contributed by atoms with E-state index in [0.717, 1.165) is 16.9 Å². The zero-order chi connectivity index (χ0) is 16.2. The molecule has 3 rings (SSSR count). The van der Waals surface area contributed by atoms with Crippen molar-refractivity contribution in [2.24, 2.45) is 0 Å². The van der Waals surface area contributed by atoms with Crippen LogP contribution in [0.1, 0.15) is 21.6 Å². The molecule has 0 aliphatic carbocycles. The highest BCUT2D eigenvalue weighted by molar-refractivity contribution is 6.06. The van der Waals surface area contributed by atoms with Gasteiger partial charge in [-0.25, -0.2) is 0 Å². The standard InChI is InChI=1S/C17H17N5O/c1-11-8-9-14(10-12(11)2)19-17(23)15-16(21-22-20-15)18-13-6-4-3-5-7-13/h3-10H,1-2H3,(H,19,23)(H2,18,20,21,22). The van der Waals surface area contributed by atoms with Crippen LogP contribution in [0, 0.1) is 13.8 Å². The zero-order valence-electron chi connectivity index (χ0n) is 12.9. The van der Waals surface area contributed by atoms with Crippen molar-refractivity contribution in [3.63, 3.8) is 0 Å². The fourth-order valence-corrected chi connectivity index (χ4v) is 2.14. The summed E-state index contributed by atoms with van der Waals surface area (Å²) < 4.78 is 0. The van der Waals surface area contributed by atoms with Gasteiger partial charge in [0.2, 0.25) is 0 Å². The topological polar surface area (TPSA) is 82.7 Å². The summed E-state index contributed by atoms with van der Waals surface area (Å²) in [7, 11) is 0. The molecule has 3 N–H and O–H groups in total. The van der Waals surface area contributed by atoms with Crippen molar-refractivity contribution in [1.29, 1.82) is 0 Å². The van der Waals surface area contributed by atoms with Gasteiger partial charge in [0, 0.05) is 11.4 Å². The molecule has 0 aliphatic rings. The van der Waals surface area contributed by atoms with Gasteiger partial charge in [-0.1, -0.05) is 24.3 Å². The fourth-order valence-electron chi connectivity index (χ4n) is 2.14. The maximum Gasteiger partial charge on any atom is 0.280 e. The van der Waals surface area contributed by atoms with E-state index < -0.39 is 0 Å². The number of para-hydroxylation sites is 1. The van der Waals surface area contributed by atoms with Gasteiger partial charge in [-0.15, -0.1) is 10.2 Å². The van der Waals surface area contributed by atoms with Gasteiger partial charge in [0.1, 0.15) is 0 Å². The first kappa shape index (κ1) is 14.8. The van der Waals surface area contributed by atoms with Crippen LogP contribution in [0.5, 0.6) is 0 Å². The highest BCUT2D eigenvalue weighted by Gasteiger charge is 2.17. The number of H-pyrrole nitrogens is 1. The van der Waals surface area contributed by atoms with E-state index in [2.05, 4.69) is 26.0 Å². The first-order valence-electron chi connectivity index (χ1n) is 7.25. The summed E-state index contributed by atoms with van der Waals surface area (Å²) >= 11 is 0. The molecule has 6 heteroatoms. The van der Waals surface area contributed by atoms with Gasteiger partial charge in [-0.2, -0.15) is 5.21 Å². The molecule has 0 bridgehead atoms. The number of nitrogens with one attached hydrogen (secondary N) is 3. The minimum absolute atomic E-state index is 0.215. The van der Waals surface area contributed by atoms with Crippen LogP contribution >= 0.6 is 0 Å². The van der Waals surface area contributed by atoms with Gasteiger partial charge >= 0.3 is 0 Å². The number of benzene rings is 2. The number of carbonyl (C=O) groups is 1. The number of carbonyl (C=O) groups excluding carboxylic acids is 1. The Labute approximate surface area is 133 Å². The molecule has 2 aromatic carbocycles. The maximum absolute atomic E-state index is 12.4. The molecular formula is C17H17N5O. The number of aryl methyl sites for hydroxylation is 2. The predicted octanol–water partition coefficient (Wildman–Crippen LogP) is 3.42. The second-order valence-electron chi connectivity index (χ2n) is 5.27. The molecule has 0 saturated heterocycles. The van der Waals surface area contributed by atoms with Crippen LogP contribution < -0.4 is 10.6 Å². The minimum atomic E-state index is -0.319. The largest absolute Gasteiger partial charge is 0.337 e. The third-order valence-electron chi connectivity index (χ3n) is 3.56. The molecule has 0 radical (unpaired) electrons. The first-order valence-corrected chi connectivity index (χ1v) is 7.25. The summed E-state index contributed by atoms with van der Waals surface area (Å²) in [5, 5.41) is 16.3. The van der Waals surface area contributed by atoms with Crippen LogP contribution in [0.2, 0.25) is 0 Å². The van der Waals surface area contributed by atoms with Gasteiger partial charge in [0.05, 0.1) is 0 Å². The Kier molecular flexibility index (Phi) is 4.05. The Morgan fingerprint density at radius 1 is 0.957 bits per heavy atom. The minimum Gasteiger partial charge on any atom is -0.337 e. The molecule has 0 fully saturated rings. The van der Waals surface area contributed by atoms with Crippen LogP contribution in [-0.4, -0.2) is 21.3 Å². The Morgan fingerprint density at radius 3 is 2.48 bits per heavy atom. The number of rotatable bonds is 4. The van der Waals surface area contributed by atoms with Crippen LogP contribution in [0.25, 0.3) is 0 Å². The molecule has 1 aromatic heterocycles. The van der Waals surface area contributed by atoms with Crippen LogP contribution in [0.3, 0.4) is 0 Å². The van der Waals surface area contributed by atoms with E-state index in [4.69, 9.17) is 0 Å². The SMILES string of the molecule is Cc1ccc(NC(=O)c2n[nH]nc2Nc2ccccc2)cc1C. The zero-order valence-corrected chi connectivity index (χ0v) is 12.9. The number of amides is 1. The number of hydrogen-bond donors (Lipinski definition) is 3. The van der Waals surface area contributed by atoms with Crippen LogP contribution in [0.4, 0.5) is 17.2 Å². The Bertz CT molecular complexity index is 826.